The highest BCUT2D eigenvalue weighted by Gasteiger charge is 2.47. The summed E-state index contributed by atoms with van der Waals surface area (Å²) >= 11 is 0. The van der Waals surface area contributed by atoms with E-state index in [1.54, 1.807) is 0 Å². The number of rotatable bonds is 5. The standard InChI is InChI=1S/C26H31F3N4O3/c1-25(2)19-7-5-4-6-17(19)14-20(25)31-21-9-8-18(15-30-21)22(26(27,28)29)32(3)23(34)16-10-12-33(13-11-16)24(35)36/h4-9,15-16,20,22H,10-14H2,1-3H3,(H,30,31)(H,35,36). The smallest absolute Gasteiger partial charge is 0.413 e. The van der Waals surface area contributed by atoms with E-state index in [1.165, 1.54) is 34.4 Å². The first-order valence-corrected chi connectivity index (χ1v) is 12.0. The predicted octanol–water partition coefficient (Wildman–Crippen LogP) is 4.85. The molecule has 1 aliphatic carbocycles. The van der Waals surface area contributed by atoms with Crippen molar-refractivity contribution in [1.29, 1.82) is 0 Å². The molecule has 36 heavy (non-hydrogen) atoms. The van der Waals surface area contributed by atoms with Crippen molar-refractivity contribution in [2.24, 2.45) is 5.92 Å². The normalized spacial score (nSPS) is 20.5. The fourth-order valence-corrected chi connectivity index (χ4v) is 5.42. The number of anilines is 1. The zero-order valence-electron chi connectivity index (χ0n) is 20.5. The molecule has 2 unspecified atom stereocenters. The van der Waals surface area contributed by atoms with Crippen LogP contribution in [0.15, 0.2) is 42.6 Å². The maximum absolute atomic E-state index is 14.1. The zero-order chi connectivity index (χ0) is 26.3. The number of alkyl halides is 3. The second kappa shape index (κ2) is 9.63. The average molecular weight is 505 g/mol. The van der Waals surface area contributed by atoms with Crippen molar-refractivity contribution in [1.82, 2.24) is 14.8 Å². The first-order valence-electron chi connectivity index (χ1n) is 12.0. The lowest BCUT2D eigenvalue weighted by atomic mass is 9.83. The molecule has 1 fully saturated rings. The molecule has 1 saturated heterocycles. The molecule has 4 rings (SSSR count). The van der Waals surface area contributed by atoms with Crippen LogP contribution in [0.5, 0.6) is 0 Å². The molecule has 10 heteroatoms. The average Bonchev–Trinajstić information content (AvgIpc) is 3.08. The Balaban J connectivity index is 1.47. The molecule has 1 aliphatic heterocycles. The molecule has 2 atom stereocenters. The van der Waals surface area contributed by atoms with Gasteiger partial charge in [0.15, 0.2) is 6.04 Å². The molecule has 0 radical (unpaired) electrons. The number of hydrogen-bond donors (Lipinski definition) is 2. The second-order valence-corrected chi connectivity index (χ2v) is 10.2. The van der Waals surface area contributed by atoms with Crippen molar-refractivity contribution in [2.75, 3.05) is 25.5 Å². The molecule has 1 aromatic carbocycles. The third-order valence-electron chi connectivity index (χ3n) is 7.59. The van der Waals surface area contributed by atoms with E-state index < -0.39 is 30.1 Å². The molecular weight excluding hydrogens is 473 g/mol. The van der Waals surface area contributed by atoms with E-state index in [1.807, 2.05) is 12.1 Å². The Morgan fingerprint density at radius 2 is 1.83 bits per heavy atom. The van der Waals surface area contributed by atoms with Gasteiger partial charge in [0.05, 0.1) is 0 Å². The summed E-state index contributed by atoms with van der Waals surface area (Å²) in [7, 11) is 1.15. The Morgan fingerprint density at radius 1 is 1.17 bits per heavy atom. The van der Waals surface area contributed by atoms with Crippen LogP contribution >= 0.6 is 0 Å². The maximum Gasteiger partial charge on any atom is 0.413 e. The Hall–Kier alpha value is -3.30. The molecular formula is C26H31F3N4O3. The van der Waals surface area contributed by atoms with Crippen LogP contribution in [0, 0.1) is 5.92 Å². The van der Waals surface area contributed by atoms with Gasteiger partial charge < -0.3 is 20.2 Å². The van der Waals surface area contributed by atoms with Gasteiger partial charge in [0.2, 0.25) is 5.91 Å². The topological polar surface area (TPSA) is 85.8 Å². The summed E-state index contributed by atoms with van der Waals surface area (Å²) in [6.45, 7) is 4.51. The number of carbonyl (C=O) groups is 2. The number of benzene rings is 1. The molecule has 2 N–H and O–H groups in total. The van der Waals surface area contributed by atoms with E-state index in [9.17, 15) is 22.8 Å². The molecule has 0 spiro atoms. The summed E-state index contributed by atoms with van der Waals surface area (Å²) in [5.41, 5.74) is 2.18. The van der Waals surface area contributed by atoms with Gasteiger partial charge in [0.25, 0.3) is 0 Å². The van der Waals surface area contributed by atoms with Gasteiger partial charge in [-0.05, 0) is 36.5 Å². The highest BCUT2D eigenvalue weighted by molar-refractivity contribution is 5.79. The monoisotopic (exact) mass is 504 g/mol. The molecule has 7 nitrogen and oxygen atoms in total. The van der Waals surface area contributed by atoms with Crippen molar-refractivity contribution in [3.05, 3.63) is 59.3 Å². The molecule has 2 heterocycles. The van der Waals surface area contributed by atoms with E-state index in [0.29, 0.717) is 5.82 Å². The largest absolute Gasteiger partial charge is 0.465 e. The van der Waals surface area contributed by atoms with Gasteiger partial charge in [-0.3, -0.25) is 4.79 Å². The Bertz CT molecular complexity index is 1110. The van der Waals surface area contributed by atoms with Crippen LogP contribution in [-0.2, 0) is 16.6 Å². The predicted molar refractivity (Wildman–Crippen MR) is 129 cm³/mol. The number of hydrogen-bond acceptors (Lipinski definition) is 4. The van der Waals surface area contributed by atoms with Gasteiger partial charge in [-0.2, -0.15) is 13.2 Å². The first kappa shape index (κ1) is 25.8. The maximum atomic E-state index is 14.1. The first-order chi connectivity index (χ1) is 16.9. The summed E-state index contributed by atoms with van der Waals surface area (Å²) < 4.78 is 42.3. The van der Waals surface area contributed by atoms with Crippen LogP contribution in [0.4, 0.5) is 23.8 Å². The molecule has 0 bridgehead atoms. The van der Waals surface area contributed by atoms with Gasteiger partial charge in [-0.15, -0.1) is 0 Å². The molecule has 0 saturated carbocycles. The molecule has 2 aliphatic rings. The number of piperidine rings is 1. The molecule has 1 aromatic heterocycles. The van der Waals surface area contributed by atoms with E-state index in [-0.39, 0.29) is 43.0 Å². The number of amides is 2. The highest BCUT2D eigenvalue weighted by atomic mass is 19.4. The van der Waals surface area contributed by atoms with E-state index in [2.05, 4.69) is 36.3 Å². The van der Waals surface area contributed by atoms with Crippen molar-refractivity contribution in [2.45, 2.75) is 56.8 Å². The number of nitrogens with one attached hydrogen (secondary N) is 1. The summed E-state index contributed by atoms with van der Waals surface area (Å²) in [5.74, 6) is -0.828. The summed E-state index contributed by atoms with van der Waals surface area (Å²) in [4.78, 5) is 30.2. The third kappa shape index (κ3) is 4.99. The minimum atomic E-state index is -4.70. The SMILES string of the molecule is CN(C(=O)C1CCN(C(=O)O)CC1)C(c1ccc(NC2Cc3ccccc3C2(C)C)nc1)C(F)(F)F. The van der Waals surface area contributed by atoms with Crippen molar-refractivity contribution < 1.29 is 27.9 Å². The number of aromatic nitrogens is 1. The van der Waals surface area contributed by atoms with E-state index >= 15 is 0 Å². The van der Waals surface area contributed by atoms with E-state index in [4.69, 9.17) is 5.11 Å². The van der Waals surface area contributed by atoms with Gasteiger partial charge in [0.1, 0.15) is 5.82 Å². The number of carbonyl (C=O) groups excluding carboxylic acids is 1. The van der Waals surface area contributed by atoms with Gasteiger partial charge in [-0.1, -0.05) is 44.2 Å². The van der Waals surface area contributed by atoms with Crippen molar-refractivity contribution >= 4 is 17.8 Å². The van der Waals surface area contributed by atoms with Crippen LogP contribution in [0.2, 0.25) is 0 Å². The lowest BCUT2D eigenvalue weighted by molar-refractivity contribution is -0.191. The summed E-state index contributed by atoms with van der Waals surface area (Å²) in [5, 5.41) is 12.4. The summed E-state index contributed by atoms with van der Waals surface area (Å²) in [6.07, 6.45) is -3.44. The third-order valence-corrected chi connectivity index (χ3v) is 7.59. The van der Waals surface area contributed by atoms with Crippen LogP contribution in [0.25, 0.3) is 0 Å². The van der Waals surface area contributed by atoms with Gasteiger partial charge >= 0.3 is 12.3 Å². The van der Waals surface area contributed by atoms with Crippen LogP contribution in [-0.4, -0.2) is 64.2 Å². The lowest BCUT2D eigenvalue weighted by Crippen LogP contribution is -2.46. The Morgan fingerprint density at radius 3 is 2.39 bits per heavy atom. The molecule has 194 valence electrons. The van der Waals surface area contributed by atoms with E-state index in [0.717, 1.165) is 18.4 Å². The highest BCUT2D eigenvalue weighted by Crippen LogP contribution is 2.41. The number of carboxylic acid groups (broad SMARTS) is 1. The fourth-order valence-electron chi connectivity index (χ4n) is 5.42. The lowest BCUT2D eigenvalue weighted by Gasteiger charge is -2.35. The van der Waals surface area contributed by atoms with Crippen LogP contribution in [0.3, 0.4) is 0 Å². The van der Waals surface area contributed by atoms with Gasteiger partial charge in [-0.25, -0.2) is 9.78 Å². The fraction of sp³-hybridized carbons (Fsp3) is 0.500. The minimum Gasteiger partial charge on any atom is -0.465 e. The van der Waals surface area contributed by atoms with Crippen molar-refractivity contribution in [3.63, 3.8) is 0 Å². The van der Waals surface area contributed by atoms with Crippen LogP contribution < -0.4 is 5.32 Å². The Labute approximate surface area is 208 Å². The number of pyridine rings is 1. The second-order valence-electron chi connectivity index (χ2n) is 10.2. The quantitative estimate of drug-likeness (QED) is 0.608. The molecule has 2 amide bonds. The number of likely N-dealkylation sites (tertiary alicyclic amines) is 1. The molecule has 2 aromatic rings. The van der Waals surface area contributed by atoms with Gasteiger partial charge in [0, 0.05) is 49.3 Å². The summed E-state index contributed by atoms with van der Waals surface area (Å²) in [6, 6.07) is 8.95. The minimum absolute atomic E-state index is 0.0348. The zero-order valence-corrected chi connectivity index (χ0v) is 20.5. The number of fused-ring (bicyclic) bond motifs is 1. The number of nitrogens with zero attached hydrogens (tertiary/aromatic N) is 3. The number of halogens is 3. The van der Waals surface area contributed by atoms with Crippen molar-refractivity contribution in [3.8, 4) is 0 Å². The van der Waals surface area contributed by atoms with Crippen LogP contribution in [0.1, 0.15) is 49.4 Å². The Kier molecular flexibility index (Phi) is 6.90.